The molecule has 0 saturated carbocycles. The Kier molecular flexibility index (Phi) is 5.58. The fourth-order valence-electron chi connectivity index (χ4n) is 2.20. The summed E-state index contributed by atoms with van der Waals surface area (Å²) in [6.45, 7) is 3.23. The number of hydrogen-bond acceptors (Lipinski definition) is 3. The van der Waals surface area contributed by atoms with Gasteiger partial charge in [0, 0.05) is 11.6 Å². The van der Waals surface area contributed by atoms with Gasteiger partial charge in [0.1, 0.15) is 23.9 Å². The van der Waals surface area contributed by atoms with Gasteiger partial charge in [0.15, 0.2) is 0 Å². The Morgan fingerprint density at radius 1 is 1.14 bits per heavy atom. The van der Waals surface area contributed by atoms with Gasteiger partial charge in [-0.3, -0.25) is 0 Å². The molecule has 0 bridgehead atoms. The van der Waals surface area contributed by atoms with Gasteiger partial charge in [0.2, 0.25) is 0 Å². The molecule has 2 aromatic rings. The predicted molar refractivity (Wildman–Crippen MR) is 81.3 cm³/mol. The summed E-state index contributed by atoms with van der Waals surface area (Å²) >= 11 is 0. The Morgan fingerprint density at radius 2 is 1.95 bits per heavy atom. The van der Waals surface area contributed by atoms with Crippen LogP contribution < -0.4 is 14.8 Å². The van der Waals surface area contributed by atoms with E-state index < -0.39 is 0 Å². The zero-order valence-corrected chi connectivity index (χ0v) is 12.3. The van der Waals surface area contributed by atoms with Crippen LogP contribution in [0.3, 0.4) is 0 Å². The van der Waals surface area contributed by atoms with Crippen molar-refractivity contribution in [2.75, 3.05) is 20.3 Å². The fraction of sp³-hybridized carbons (Fsp3) is 0.294. The van der Waals surface area contributed by atoms with Crippen LogP contribution in [0.4, 0.5) is 4.39 Å². The highest BCUT2D eigenvalue weighted by Gasteiger charge is 2.15. The third-order valence-electron chi connectivity index (χ3n) is 3.18. The van der Waals surface area contributed by atoms with Gasteiger partial charge in [0.25, 0.3) is 0 Å². The zero-order chi connectivity index (χ0) is 15.1. The highest BCUT2D eigenvalue weighted by Crippen LogP contribution is 2.25. The average molecular weight is 289 g/mol. The lowest BCUT2D eigenvalue weighted by atomic mass is 10.1. The molecule has 0 fully saturated rings. The van der Waals surface area contributed by atoms with Crippen molar-refractivity contribution in [1.82, 2.24) is 5.32 Å². The van der Waals surface area contributed by atoms with Gasteiger partial charge in [-0.2, -0.15) is 0 Å². The quantitative estimate of drug-likeness (QED) is 0.845. The molecule has 0 aliphatic rings. The average Bonchev–Trinajstić information content (AvgIpc) is 2.51. The summed E-state index contributed by atoms with van der Waals surface area (Å²) in [5.74, 6) is 1.03. The lowest BCUT2D eigenvalue weighted by Crippen LogP contribution is -2.27. The lowest BCUT2D eigenvalue weighted by molar-refractivity contribution is 0.263. The molecule has 0 amide bonds. The third-order valence-corrected chi connectivity index (χ3v) is 3.18. The first kappa shape index (κ1) is 15.3. The highest BCUT2D eigenvalue weighted by molar-refractivity contribution is 5.36. The number of methoxy groups -OCH3 is 1. The molecule has 1 unspecified atom stereocenters. The second-order valence-corrected chi connectivity index (χ2v) is 4.62. The second kappa shape index (κ2) is 7.64. The summed E-state index contributed by atoms with van der Waals surface area (Å²) in [5, 5.41) is 3.36. The topological polar surface area (TPSA) is 30.5 Å². The summed E-state index contributed by atoms with van der Waals surface area (Å²) in [6.07, 6.45) is 0. The van der Waals surface area contributed by atoms with Gasteiger partial charge in [-0.1, -0.05) is 31.2 Å². The Bertz CT molecular complexity index is 574. The maximum atomic E-state index is 13.2. The minimum atomic E-state index is -0.301. The van der Waals surface area contributed by atoms with Crippen molar-refractivity contribution in [1.29, 1.82) is 0 Å². The highest BCUT2D eigenvalue weighted by atomic mass is 19.1. The number of hydrogen-bond donors (Lipinski definition) is 1. The predicted octanol–water partition coefficient (Wildman–Crippen LogP) is 3.56. The van der Waals surface area contributed by atoms with Crippen LogP contribution in [0.15, 0.2) is 48.5 Å². The molecule has 1 atom stereocenters. The van der Waals surface area contributed by atoms with Crippen LogP contribution in [-0.4, -0.2) is 20.3 Å². The smallest absolute Gasteiger partial charge is 0.126 e. The van der Waals surface area contributed by atoms with E-state index >= 15 is 0 Å². The SMILES string of the molecule is CCNC(COc1cccc(F)c1)c1ccccc1OC. The van der Waals surface area contributed by atoms with Crippen LogP contribution in [0, 0.1) is 5.82 Å². The van der Waals surface area contributed by atoms with Crippen molar-refractivity contribution in [3.05, 3.63) is 59.9 Å². The molecule has 0 spiro atoms. The van der Waals surface area contributed by atoms with Gasteiger partial charge < -0.3 is 14.8 Å². The number of ether oxygens (including phenoxy) is 2. The fourth-order valence-corrected chi connectivity index (χ4v) is 2.20. The molecule has 2 aromatic carbocycles. The van der Waals surface area contributed by atoms with E-state index in [1.54, 1.807) is 19.2 Å². The molecule has 0 aliphatic carbocycles. The van der Waals surface area contributed by atoms with Crippen LogP contribution in [0.5, 0.6) is 11.5 Å². The van der Waals surface area contributed by atoms with Gasteiger partial charge >= 0.3 is 0 Å². The summed E-state index contributed by atoms with van der Waals surface area (Å²) in [7, 11) is 1.65. The normalized spacial score (nSPS) is 12.0. The van der Waals surface area contributed by atoms with Crippen molar-refractivity contribution < 1.29 is 13.9 Å². The molecule has 0 aliphatic heterocycles. The van der Waals surface area contributed by atoms with Crippen LogP contribution >= 0.6 is 0 Å². The largest absolute Gasteiger partial charge is 0.496 e. The number of rotatable bonds is 7. The first-order valence-corrected chi connectivity index (χ1v) is 6.99. The summed E-state index contributed by atoms with van der Waals surface area (Å²) in [4.78, 5) is 0. The Balaban J connectivity index is 2.12. The Morgan fingerprint density at radius 3 is 2.67 bits per heavy atom. The number of likely N-dealkylation sites (N-methyl/N-ethyl adjacent to an activating group) is 1. The summed E-state index contributed by atoms with van der Waals surface area (Å²) in [5.41, 5.74) is 1.03. The van der Waals surface area contributed by atoms with E-state index in [1.807, 2.05) is 31.2 Å². The molecule has 0 radical (unpaired) electrons. The summed E-state index contributed by atoms with van der Waals surface area (Å²) in [6, 6.07) is 13.9. The Hall–Kier alpha value is -2.07. The molecule has 0 saturated heterocycles. The van der Waals surface area contributed by atoms with E-state index in [2.05, 4.69) is 5.32 Å². The monoisotopic (exact) mass is 289 g/mol. The van der Waals surface area contributed by atoms with Crippen molar-refractivity contribution >= 4 is 0 Å². The summed E-state index contributed by atoms with van der Waals surface area (Å²) < 4.78 is 24.3. The van der Waals surface area contributed by atoms with Crippen molar-refractivity contribution in [3.8, 4) is 11.5 Å². The van der Waals surface area contributed by atoms with E-state index in [0.29, 0.717) is 12.4 Å². The molecule has 3 nitrogen and oxygen atoms in total. The molecule has 112 valence electrons. The van der Waals surface area contributed by atoms with Crippen LogP contribution in [-0.2, 0) is 0 Å². The lowest BCUT2D eigenvalue weighted by Gasteiger charge is -2.21. The number of benzene rings is 2. The molecule has 0 heterocycles. The second-order valence-electron chi connectivity index (χ2n) is 4.62. The maximum absolute atomic E-state index is 13.2. The van der Waals surface area contributed by atoms with Crippen LogP contribution in [0.2, 0.25) is 0 Å². The van der Waals surface area contributed by atoms with E-state index in [0.717, 1.165) is 17.9 Å². The van der Waals surface area contributed by atoms with E-state index in [9.17, 15) is 4.39 Å². The van der Waals surface area contributed by atoms with Gasteiger partial charge in [-0.05, 0) is 24.7 Å². The molecule has 0 aromatic heterocycles. The molecular formula is C17H20FNO2. The van der Waals surface area contributed by atoms with Gasteiger partial charge in [0.05, 0.1) is 13.2 Å². The molecule has 21 heavy (non-hydrogen) atoms. The maximum Gasteiger partial charge on any atom is 0.126 e. The van der Waals surface area contributed by atoms with Gasteiger partial charge in [-0.15, -0.1) is 0 Å². The first-order valence-electron chi connectivity index (χ1n) is 6.99. The Labute approximate surface area is 124 Å². The standard InChI is InChI=1S/C17H20FNO2/c1-3-19-16(15-9-4-5-10-17(15)20-2)12-21-14-8-6-7-13(18)11-14/h4-11,16,19H,3,12H2,1-2H3. The third kappa shape index (κ3) is 4.20. The zero-order valence-electron chi connectivity index (χ0n) is 12.3. The van der Waals surface area contributed by atoms with Crippen molar-refractivity contribution in [3.63, 3.8) is 0 Å². The number of nitrogens with one attached hydrogen (secondary N) is 1. The molecule has 2 rings (SSSR count). The van der Waals surface area contributed by atoms with E-state index in [-0.39, 0.29) is 11.9 Å². The number of halogens is 1. The van der Waals surface area contributed by atoms with Gasteiger partial charge in [-0.25, -0.2) is 4.39 Å². The minimum Gasteiger partial charge on any atom is -0.496 e. The van der Waals surface area contributed by atoms with E-state index in [1.165, 1.54) is 12.1 Å². The molecule has 1 N–H and O–H groups in total. The molecular weight excluding hydrogens is 269 g/mol. The van der Waals surface area contributed by atoms with Crippen molar-refractivity contribution in [2.24, 2.45) is 0 Å². The molecule has 4 heteroatoms. The van der Waals surface area contributed by atoms with Crippen LogP contribution in [0.25, 0.3) is 0 Å². The minimum absolute atomic E-state index is 0.0191. The van der Waals surface area contributed by atoms with E-state index in [4.69, 9.17) is 9.47 Å². The first-order chi connectivity index (χ1) is 10.2. The van der Waals surface area contributed by atoms with Crippen molar-refractivity contribution in [2.45, 2.75) is 13.0 Å². The van der Waals surface area contributed by atoms with Crippen LogP contribution in [0.1, 0.15) is 18.5 Å². The number of para-hydroxylation sites is 1.